The fourth-order valence-corrected chi connectivity index (χ4v) is 3.32. The molecule has 0 saturated heterocycles. The molecule has 0 amide bonds. The first kappa shape index (κ1) is 14.9. The SMILES string of the molecule is Nc1ccccc1SCCn1c(-c2ccccc2)n[nH]c1=S. The summed E-state index contributed by atoms with van der Waals surface area (Å²) in [6, 6.07) is 17.9. The van der Waals surface area contributed by atoms with Crippen molar-refractivity contribution in [1.82, 2.24) is 14.8 Å². The molecule has 0 saturated carbocycles. The van der Waals surface area contributed by atoms with E-state index in [-0.39, 0.29) is 0 Å². The Hall–Kier alpha value is -2.05. The molecule has 4 nitrogen and oxygen atoms in total. The average molecular weight is 328 g/mol. The van der Waals surface area contributed by atoms with Gasteiger partial charge in [-0.25, -0.2) is 0 Å². The molecule has 0 fully saturated rings. The van der Waals surface area contributed by atoms with Gasteiger partial charge >= 0.3 is 0 Å². The number of nitrogens with one attached hydrogen (secondary N) is 1. The average Bonchev–Trinajstić information content (AvgIpc) is 2.91. The summed E-state index contributed by atoms with van der Waals surface area (Å²) in [5, 5.41) is 7.22. The highest BCUT2D eigenvalue weighted by molar-refractivity contribution is 7.99. The molecule has 6 heteroatoms. The van der Waals surface area contributed by atoms with Crippen LogP contribution in [0.5, 0.6) is 0 Å². The number of nitrogen functional groups attached to an aromatic ring is 1. The van der Waals surface area contributed by atoms with E-state index in [1.807, 2.05) is 59.2 Å². The highest BCUT2D eigenvalue weighted by atomic mass is 32.2. The van der Waals surface area contributed by atoms with Crippen molar-refractivity contribution in [2.75, 3.05) is 11.5 Å². The first-order chi connectivity index (χ1) is 10.8. The molecule has 0 atom stereocenters. The summed E-state index contributed by atoms with van der Waals surface area (Å²) in [5.41, 5.74) is 7.83. The Bertz CT molecular complexity index is 808. The van der Waals surface area contributed by atoms with E-state index < -0.39 is 0 Å². The molecule has 3 aromatic rings. The minimum Gasteiger partial charge on any atom is -0.398 e. The molecule has 3 rings (SSSR count). The third kappa shape index (κ3) is 3.23. The van der Waals surface area contributed by atoms with Crippen LogP contribution < -0.4 is 5.73 Å². The zero-order valence-corrected chi connectivity index (χ0v) is 13.5. The maximum Gasteiger partial charge on any atom is 0.195 e. The molecule has 1 heterocycles. The lowest BCUT2D eigenvalue weighted by Gasteiger charge is -2.08. The number of nitrogens with zero attached hydrogens (tertiary/aromatic N) is 2. The van der Waals surface area contributed by atoms with Gasteiger partial charge in [0.1, 0.15) is 0 Å². The lowest BCUT2D eigenvalue weighted by molar-refractivity contribution is 0.764. The van der Waals surface area contributed by atoms with Crippen molar-refractivity contribution in [3.05, 3.63) is 59.4 Å². The van der Waals surface area contributed by atoms with Crippen molar-refractivity contribution in [1.29, 1.82) is 0 Å². The summed E-state index contributed by atoms with van der Waals surface area (Å²) >= 11 is 7.06. The van der Waals surface area contributed by atoms with Gasteiger partial charge in [0.05, 0.1) is 0 Å². The van der Waals surface area contributed by atoms with E-state index in [1.54, 1.807) is 11.8 Å². The first-order valence-corrected chi connectivity index (χ1v) is 8.33. The number of aromatic nitrogens is 3. The number of anilines is 1. The van der Waals surface area contributed by atoms with Gasteiger partial charge in [0, 0.05) is 28.4 Å². The molecular formula is C16H16N4S2. The zero-order valence-electron chi connectivity index (χ0n) is 11.9. The second-order valence-electron chi connectivity index (χ2n) is 4.76. The lowest BCUT2D eigenvalue weighted by atomic mass is 10.2. The molecule has 1 aromatic heterocycles. The quantitative estimate of drug-likeness (QED) is 0.422. The van der Waals surface area contributed by atoms with E-state index in [0.29, 0.717) is 4.77 Å². The Kier molecular flexibility index (Phi) is 4.60. The highest BCUT2D eigenvalue weighted by Gasteiger charge is 2.08. The van der Waals surface area contributed by atoms with E-state index in [4.69, 9.17) is 18.0 Å². The number of H-pyrrole nitrogens is 1. The summed E-state index contributed by atoms with van der Waals surface area (Å²) < 4.78 is 2.66. The predicted molar refractivity (Wildman–Crippen MR) is 94.4 cm³/mol. The topological polar surface area (TPSA) is 59.6 Å². The Morgan fingerprint density at radius 2 is 1.82 bits per heavy atom. The smallest absolute Gasteiger partial charge is 0.195 e. The molecule has 3 N–H and O–H groups in total. The molecule has 0 aliphatic carbocycles. The highest BCUT2D eigenvalue weighted by Crippen LogP contribution is 2.25. The van der Waals surface area contributed by atoms with Gasteiger partial charge in [-0.2, -0.15) is 5.10 Å². The van der Waals surface area contributed by atoms with Crippen molar-refractivity contribution >= 4 is 29.7 Å². The Morgan fingerprint density at radius 1 is 1.09 bits per heavy atom. The van der Waals surface area contributed by atoms with Crippen LogP contribution in [0.3, 0.4) is 0 Å². The van der Waals surface area contributed by atoms with Gasteiger partial charge < -0.3 is 5.73 Å². The van der Waals surface area contributed by atoms with Gasteiger partial charge in [0.15, 0.2) is 10.6 Å². The summed E-state index contributed by atoms with van der Waals surface area (Å²) in [4.78, 5) is 1.10. The Balaban J connectivity index is 1.75. The lowest BCUT2D eigenvalue weighted by Crippen LogP contribution is -2.03. The van der Waals surface area contributed by atoms with Crippen LogP contribution >= 0.6 is 24.0 Å². The van der Waals surface area contributed by atoms with E-state index >= 15 is 0 Å². The summed E-state index contributed by atoms with van der Waals surface area (Å²) in [5.74, 6) is 1.74. The zero-order chi connectivity index (χ0) is 15.4. The fourth-order valence-electron chi connectivity index (χ4n) is 2.19. The van der Waals surface area contributed by atoms with Crippen LogP contribution in [0.15, 0.2) is 59.5 Å². The number of hydrogen-bond acceptors (Lipinski definition) is 4. The minimum atomic E-state index is 0.639. The van der Waals surface area contributed by atoms with Crippen molar-refractivity contribution in [3.8, 4) is 11.4 Å². The molecule has 0 bridgehead atoms. The molecule has 0 aliphatic heterocycles. The van der Waals surface area contributed by atoms with Crippen LogP contribution in [0.2, 0.25) is 0 Å². The van der Waals surface area contributed by atoms with Crippen molar-refractivity contribution in [2.45, 2.75) is 11.4 Å². The maximum absolute atomic E-state index is 5.96. The fraction of sp³-hybridized carbons (Fsp3) is 0.125. The van der Waals surface area contributed by atoms with Crippen LogP contribution in [-0.4, -0.2) is 20.5 Å². The van der Waals surface area contributed by atoms with Crippen LogP contribution in [0.4, 0.5) is 5.69 Å². The van der Waals surface area contributed by atoms with Crippen LogP contribution in [0.25, 0.3) is 11.4 Å². The number of thioether (sulfide) groups is 1. The van der Waals surface area contributed by atoms with Crippen LogP contribution in [-0.2, 0) is 6.54 Å². The van der Waals surface area contributed by atoms with Gasteiger partial charge in [0.2, 0.25) is 0 Å². The number of aromatic amines is 1. The molecule has 0 spiro atoms. The summed E-state index contributed by atoms with van der Waals surface area (Å²) in [6.07, 6.45) is 0. The molecule has 0 aliphatic rings. The van der Waals surface area contributed by atoms with Gasteiger partial charge in [-0.15, -0.1) is 11.8 Å². The second-order valence-corrected chi connectivity index (χ2v) is 6.28. The van der Waals surface area contributed by atoms with E-state index in [1.165, 1.54) is 0 Å². The van der Waals surface area contributed by atoms with Crippen LogP contribution in [0, 0.1) is 4.77 Å². The van der Waals surface area contributed by atoms with Crippen LogP contribution in [0.1, 0.15) is 0 Å². The molecule has 0 radical (unpaired) electrons. The number of benzene rings is 2. The summed E-state index contributed by atoms with van der Waals surface area (Å²) in [6.45, 7) is 0.776. The van der Waals surface area contributed by atoms with Gasteiger partial charge in [0.25, 0.3) is 0 Å². The molecule has 22 heavy (non-hydrogen) atoms. The molecule has 2 aromatic carbocycles. The standard InChI is InChI=1S/C16H16N4S2/c17-13-8-4-5-9-14(13)22-11-10-20-15(18-19-16(20)21)12-6-2-1-3-7-12/h1-9H,10-11,17H2,(H,19,21). The van der Waals surface area contributed by atoms with E-state index in [2.05, 4.69) is 10.2 Å². The monoisotopic (exact) mass is 328 g/mol. The minimum absolute atomic E-state index is 0.639. The number of nitrogens with two attached hydrogens (primary N) is 1. The largest absolute Gasteiger partial charge is 0.398 e. The van der Waals surface area contributed by atoms with E-state index in [9.17, 15) is 0 Å². The summed E-state index contributed by atoms with van der Waals surface area (Å²) in [7, 11) is 0. The maximum atomic E-state index is 5.96. The first-order valence-electron chi connectivity index (χ1n) is 6.93. The predicted octanol–water partition coefficient (Wildman–Crippen LogP) is 3.98. The Labute approximate surface area is 138 Å². The van der Waals surface area contributed by atoms with Crippen molar-refractivity contribution < 1.29 is 0 Å². The second kappa shape index (κ2) is 6.81. The van der Waals surface area contributed by atoms with Crippen molar-refractivity contribution in [2.24, 2.45) is 0 Å². The molecule has 0 unspecified atom stereocenters. The molecular weight excluding hydrogens is 312 g/mol. The third-order valence-corrected chi connectivity index (χ3v) is 4.66. The number of para-hydroxylation sites is 1. The Morgan fingerprint density at radius 3 is 2.59 bits per heavy atom. The normalized spacial score (nSPS) is 10.7. The number of rotatable bonds is 5. The van der Waals surface area contributed by atoms with Gasteiger partial charge in [-0.1, -0.05) is 42.5 Å². The van der Waals surface area contributed by atoms with E-state index in [0.717, 1.165) is 34.3 Å². The van der Waals surface area contributed by atoms with Crippen molar-refractivity contribution in [3.63, 3.8) is 0 Å². The number of hydrogen-bond donors (Lipinski definition) is 2. The molecule has 112 valence electrons. The third-order valence-electron chi connectivity index (χ3n) is 3.28. The van der Waals surface area contributed by atoms with Gasteiger partial charge in [-0.05, 0) is 24.4 Å². The van der Waals surface area contributed by atoms with Gasteiger partial charge in [-0.3, -0.25) is 9.67 Å².